The lowest BCUT2D eigenvalue weighted by molar-refractivity contribution is -0.146. The van der Waals surface area contributed by atoms with Gasteiger partial charge in [-0.05, 0) is 50.0 Å². The first kappa shape index (κ1) is 19.9. The second-order valence-electron chi connectivity index (χ2n) is 7.10. The third kappa shape index (κ3) is 4.59. The Morgan fingerprint density at radius 1 is 1.42 bits per heavy atom. The van der Waals surface area contributed by atoms with Crippen molar-refractivity contribution < 1.29 is 23.9 Å². The number of aldehydes is 1. The average Bonchev–Trinajstić information content (AvgIpc) is 2.86. The van der Waals surface area contributed by atoms with Gasteiger partial charge in [0.2, 0.25) is 0 Å². The van der Waals surface area contributed by atoms with Crippen molar-refractivity contribution in [2.75, 3.05) is 0 Å². The van der Waals surface area contributed by atoms with Crippen LogP contribution in [0.1, 0.15) is 46.5 Å². The summed E-state index contributed by atoms with van der Waals surface area (Å²) in [6.45, 7) is 9.24. The lowest BCUT2D eigenvalue weighted by atomic mass is 9.68. The molecule has 0 aromatic rings. The molecule has 1 fully saturated rings. The molecule has 0 bridgehead atoms. The molecule has 0 aromatic carbocycles. The van der Waals surface area contributed by atoms with E-state index in [1.807, 2.05) is 25.2 Å². The quantitative estimate of drug-likeness (QED) is 0.314. The van der Waals surface area contributed by atoms with Gasteiger partial charge >= 0.3 is 11.9 Å². The molecule has 140 valence electrons. The SMILES string of the molecule is C=C1C=C[C@@H](OC(C)=O)CC12CC(=O)O[C@@H]2/C=C(\C)CC/C=C(\C)C=O. The first-order valence-electron chi connectivity index (χ1n) is 8.80. The van der Waals surface area contributed by atoms with Gasteiger partial charge in [0.1, 0.15) is 18.5 Å². The van der Waals surface area contributed by atoms with E-state index in [-0.39, 0.29) is 24.5 Å². The standard InChI is InChI=1S/C21H26O5/c1-14(6-5-7-15(2)13-22)10-19-21(12-20(24)26-19)11-18(25-17(4)23)9-8-16(21)3/h7-10,13,18-19H,3,5-6,11-12H2,1-2,4H3/b14-10+,15-7+/t18-,19-,21?/m1/s1. The minimum Gasteiger partial charge on any atom is -0.458 e. The lowest BCUT2D eigenvalue weighted by Gasteiger charge is -2.37. The van der Waals surface area contributed by atoms with E-state index in [0.29, 0.717) is 12.0 Å². The van der Waals surface area contributed by atoms with Crippen molar-refractivity contribution in [3.8, 4) is 0 Å². The van der Waals surface area contributed by atoms with Crippen molar-refractivity contribution in [1.82, 2.24) is 0 Å². The normalized spacial score (nSPS) is 29.0. The number of esters is 2. The van der Waals surface area contributed by atoms with Gasteiger partial charge in [-0.1, -0.05) is 24.3 Å². The summed E-state index contributed by atoms with van der Waals surface area (Å²) in [6, 6.07) is 0. The molecule has 1 saturated heterocycles. The Morgan fingerprint density at radius 3 is 2.81 bits per heavy atom. The van der Waals surface area contributed by atoms with Gasteiger partial charge in [0.25, 0.3) is 0 Å². The van der Waals surface area contributed by atoms with Crippen molar-refractivity contribution in [2.24, 2.45) is 5.41 Å². The molecular formula is C21H26O5. The van der Waals surface area contributed by atoms with E-state index in [1.54, 1.807) is 13.0 Å². The Labute approximate surface area is 154 Å². The van der Waals surface area contributed by atoms with Gasteiger partial charge in [0.15, 0.2) is 0 Å². The zero-order valence-electron chi connectivity index (χ0n) is 15.6. The van der Waals surface area contributed by atoms with Crippen molar-refractivity contribution in [2.45, 2.75) is 58.7 Å². The molecule has 0 aromatic heterocycles. The molecule has 5 heteroatoms. The molecule has 1 unspecified atom stereocenters. The molecule has 1 aliphatic heterocycles. The summed E-state index contributed by atoms with van der Waals surface area (Å²) in [6.07, 6.45) is 9.72. The Morgan fingerprint density at radius 2 is 2.15 bits per heavy atom. The van der Waals surface area contributed by atoms with Crippen LogP contribution in [0.5, 0.6) is 0 Å². The maximum Gasteiger partial charge on any atom is 0.307 e. The highest BCUT2D eigenvalue weighted by Gasteiger charge is 2.52. The summed E-state index contributed by atoms with van der Waals surface area (Å²) < 4.78 is 10.9. The maximum atomic E-state index is 12.1. The molecule has 26 heavy (non-hydrogen) atoms. The summed E-state index contributed by atoms with van der Waals surface area (Å²) in [5, 5.41) is 0. The highest BCUT2D eigenvalue weighted by atomic mass is 16.6. The zero-order valence-corrected chi connectivity index (χ0v) is 15.6. The van der Waals surface area contributed by atoms with Gasteiger partial charge in [-0.2, -0.15) is 0 Å². The Kier molecular flexibility index (Phi) is 6.35. The molecule has 2 aliphatic rings. The average molecular weight is 358 g/mol. The van der Waals surface area contributed by atoms with Crippen LogP contribution in [0.15, 0.2) is 47.6 Å². The number of rotatable bonds is 6. The molecule has 1 spiro atoms. The second-order valence-corrected chi connectivity index (χ2v) is 7.10. The van der Waals surface area contributed by atoms with Crippen LogP contribution in [-0.2, 0) is 23.9 Å². The molecule has 0 N–H and O–H groups in total. The summed E-state index contributed by atoms with van der Waals surface area (Å²) in [7, 11) is 0. The van der Waals surface area contributed by atoms with Gasteiger partial charge in [0.05, 0.1) is 6.42 Å². The summed E-state index contributed by atoms with van der Waals surface area (Å²) in [5.41, 5.74) is 2.02. The fourth-order valence-corrected chi connectivity index (χ4v) is 3.49. The minimum absolute atomic E-state index is 0.229. The maximum absolute atomic E-state index is 12.1. The number of cyclic esters (lactones) is 1. The predicted molar refractivity (Wildman–Crippen MR) is 98.2 cm³/mol. The summed E-state index contributed by atoms with van der Waals surface area (Å²) in [4.78, 5) is 34.0. The van der Waals surface area contributed by atoms with E-state index < -0.39 is 11.5 Å². The third-order valence-electron chi connectivity index (χ3n) is 4.92. The van der Waals surface area contributed by atoms with E-state index >= 15 is 0 Å². The van der Waals surface area contributed by atoms with Gasteiger partial charge in [-0.25, -0.2) is 0 Å². The monoisotopic (exact) mass is 358 g/mol. The predicted octanol–water partition coefficient (Wildman–Crippen LogP) is 3.61. The molecule has 0 saturated carbocycles. The van der Waals surface area contributed by atoms with E-state index in [9.17, 15) is 14.4 Å². The molecule has 0 radical (unpaired) electrons. The number of ether oxygens (including phenoxy) is 2. The van der Waals surface area contributed by atoms with Crippen molar-refractivity contribution in [3.63, 3.8) is 0 Å². The smallest absolute Gasteiger partial charge is 0.307 e. The molecule has 3 atom stereocenters. The van der Waals surface area contributed by atoms with E-state index in [0.717, 1.165) is 30.3 Å². The fourth-order valence-electron chi connectivity index (χ4n) is 3.49. The Balaban J connectivity index is 2.18. The summed E-state index contributed by atoms with van der Waals surface area (Å²) >= 11 is 0. The van der Waals surface area contributed by atoms with Crippen molar-refractivity contribution >= 4 is 18.2 Å². The number of carbonyl (C=O) groups excluding carboxylic acids is 3. The van der Waals surface area contributed by atoms with Crippen LogP contribution in [0.4, 0.5) is 0 Å². The van der Waals surface area contributed by atoms with E-state index in [4.69, 9.17) is 9.47 Å². The van der Waals surface area contributed by atoms with Gasteiger partial charge in [0, 0.05) is 18.8 Å². The zero-order chi connectivity index (χ0) is 19.3. The van der Waals surface area contributed by atoms with Gasteiger partial charge < -0.3 is 9.47 Å². The van der Waals surface area contributed by atoms with Crippen LogP contribution in [0.3, 0.4) is 0 Å². The topological polar surface area (TPSA) is 69.7 Å². The number of hydrogen-bond donors (Lipinski definition) is 0. The van der Waals surface area contributed by atoms with Crippen LogP contribution in [0.2, 0.25) is 0 Å². The molecule has 0 amide bonds. The molecular weight excluding hydrogens is 332 g/mol. The molecule has 1 aliphatic carbocycles. The first-order chi connectivity index (χ1) is 12.3. The van der Waals surface area contributed by atoms with Crippen LogP contribution in [-0.4, -0.2) is 30.4 Å². The lowest BCUT2D eigenvalue weighted by Crippen LogP contribution is -2.38. The molecule has 2 rings (SSSR count). The second kappa shape index (κ2) is 8.30. The fraction of sp³-hybridized carbons (Fsp3) is 0.476. The summed E-state index contributed by atoms with van der Waals surface area (Å²) in [5.74, 6) is -0.623. The Bertz CT molecular complexity index is 697. The Hall–Kier alpha value is -2.43. The molecule has 5 nitrogen and oxygen atoms in total. The van der Waals surface area contributed by atoms with E-state index in [1.165, 1.54) is 6.92 Å². The molecule has 1 heterocycles. The third-order valence-corrected chi connectivity index (χ3v) is 4.92. The van der Waals surface area contributed by atoms with Crippen LogP contribution >= 0.6 is 0 Å². The van der Waals surface area contributed by atoms with Crippen LogP contribution in [0, 0.1) is 5.41 Å². The minimum atomic E-state index is -0.582. The first-order valence-corrected chi connectivity index (χ1v) is 8.80. The van der Waals surface area contributed by atoms with Gasteiger partial charge in [-0.15, -0.1) is 0 Å². The van der Waals surface area contributed by atoms with E-state index in [2.05, 4.69) is 6.58 Å². The number of carbonyl (C=O) groups is 3. The van der Waals surface area contributed by atoms with Gasteiger partial charge in [-0.3, -0.25) is 14.4 Å². The number of allylic oxidation sites excluding steroid dienone is 4. The van der Waals surface area contributed by atoms with Crippen molar-refractivity contribution in [3.05, 3.63) is 47.6 Å². The number of hydrogen-bond acceptors (Lipinski definition) is 5. The highest BCUT2D eigenvalue weighted by molar-refractivity contribution is 5.75. The largest absolute Gasteiger partial charge is 0.458 e. The van der Waals surface area contributed by atoms with Crippen molar-refractivity contribution in [1.29, 1.82) is 0 Å². The van der Waals surface area contributed by atoms with Crippen LogP contribution in [0.25, 0.3) is 0 Å². The highest BCUT2D eigenvalue weighted by Crippen LogP contribution is 2.49. The van der Waals surface area contributed by atoms with Crippen LogP contribution < -0.4 is 0 Å².